The van der Waals surface area contributed by atoms with E-state index in [9.17, 15) is 5.11 Å². The van der Waals surface area contributed by atoms with Gasteiger partial charge in [-0.3, -0.25) is 0 Å². The fraction of sp³-hybridized carbons (Fsp3) is 1.00. The highest BCUT2D eigenvalue weighted by Crippen LogP contribution is 2.33. The summed E-state index contributed by atoms with van der Waals surface area (Å²) >= 11 is 0. The maximum Gasteiger partial charge on any atom is 0.0774 e. The molecule has 1 aliphatic rings. The highest BCUT2D eigenvalue weighted by Gasteiger charge is 2.34. The number of nitrogens with one attached hydrogen (secondary N) is 1. The van der Waals surface area contributed by atoms with Gasteiger partial charge in [0.05, 0.1) is 5.60 Å². The summed E-state index contributed by atoms with van der Waals surface area (Å²) in [5.41, 5.74) is -0.395. The predicted molar refractivity (Wildman–Crippen MR) is 41.9 cm³/mol. The summed E-state index contributed by atoms with van der Waals surface area (Å²) in [5, 5.41) is 12.8. The smallest absolute Gasteiger partial charge is 0.0774 e. The van der Waals surface area contributed by atoms with Crippen LogP contribution >= 0.6 is 0 Å². The lowest BCUT2D eigenvalue weighted by molar-refractivity contribution is 0.0463. The van der Waals surface area contributed by atoms with Crippen molar-refractivity contribution in [3.05, 3.63) is 0 Å². The normalized spacial score (nSPS) is 40.5. The maximum atomic E-state index is 9.80. The van der Waals surface area contributed by atoms with Crippen molar-refractivity contribution in [3.8, 4) is 0 Å². The van der Waals surface area contributed by atoms with Gasteiger partial charge < -0.3 is 10.4 Å². The largest absolute Gasteiger partial charge is 0.389 e. The minimum Gasteiger partial charge on any atom is -0.389 e. The van der Waals surface area contributed by atoms with Crippen molar-refractivity contribution >= 4 is 0 Å². The molecule has 1 saturated carbocycles. The third kappa shape index (κ3) is 1.70. The molecule has 0 aliphatic heterocycles. The van der Waals surface area contributed by atoms with E-state index >= 15 is 0 Å². The molecular weight excluding hydrogens is 126 g/mol. The van der Waals surface area contributed by atoms with Crippen LogP contribution in [0.3, 0.4) is 0 Å². The zero-order valence-electron chi connectivity index (χ0n) is 6.85. The first-order valence-corrected chi connectivity index (χ1v) is 4.03. The molecule has 0 aromatic heterocycles. The van der Waals surface area contributed by atoms with Crippen molar-refractivity contribution in [1.29, 1.82) is 0 Å². The van der Waals surface area contributed by atoms with Crippen molar-refractivity contribution in [2.75, 3.05) is 13.6 Å². The van der Waals surface area contributed by atoms with Crippen LogP contribution in [0.4, 0.5) is 0 Å². The predicted octanol–water partition coefficient (Wildman–Crippen LogP) is 0.757. The molecule has 1 fully saturated rings. The average molecular weight is 143 g/mol. The van der Waals surface area contributed by atoms with Crippen molar-refractivity contribution in [2.24, 2.45) is 5.92 Å². The molecule has 2 heteroatoms. The number of hydrogen-bond acceptors (Lipinski definition) is 2. The van der Waals surface area contributed by atoms with Gasteiger partial charge in [-0.2, -0.15) is 0 Å². The van der Waals surface area contributed by atoms with Crippen LogP contribution in [0.1, 0.15) is 26.2 Å². The topological polar surface area (TPSA) is 32.3 Å². The minimum atomic E-state index is -0.395. The summed E-state index contributed by atoms with van der Waals surface area (Å²) in [7, 11) is 1.89. The molecule has 60 valence electrons. The summed E-state index contributed by atoms with van der Waals surface area (Å²) in [4.78, 5) is 0. The number of likely N-dealkylation sites (N-methyl/N-ethyl adjacent to an activating group) is 1. The van der Waals surface area contributed by atoms with Gasteiger partial charge in [-0.05, 0) is 32.2 Å². The molecule has 10 heavy (non-hydrogen) atoms. The fourth-order valence-electron chi connectivity index (χ4n) is 1.86. The van der Waals surface area contributed by atoms with Gasteiger partial charge in [-0.15, -0.1) is 0 Å². The zero-order valence-corrected chi connectivity index (χ0v) is 6.85. The molecule has 2 atom stereocenters. The molecule has 0 spiro atoms. The molecule has 0 aromatic carbocycles. The van der Waals surface area contributed by atoms with Crippen LogP contribution in [0.25, 0.3) is 0 Å². The third-order valence-corrected chi connectivity index (χ3v) is 2.34. The van der Waals surface area contributed by atoms with Crippen LogP contribution in [0.2, 0.25) is 0 Å². The Morgan fingerprint density at radius 1 is 1.70 bits per heavy atom. The second-order valence-corrected chi connectivity index (χ2v) is 3.60. The molecule has 2 unspecified atom stereocenters. The van der Waals surface area contributed by atoms with Gasteiger partial charge in [-0.25, -0.2) is 0 Å². The van der Waals surface area contributed by atoms with Gasteiger partial charge in [0, 0.05) is 6.54 Å². The van der Waals surface area contributed by atoms with Crippen LogP contribution < -0.4 is 5.32 Å². The van der Waals surface area contributed by atoms with E-state index in [1.165, 1.54) is 6.42 Å². The molecule has 0 bridgehead atoms. The first-order valence-electron chi connectivity index (χ1n) is 4.03. The monoisotopic (exact) mass is 143 g/mol. The minimum absolute atomic E-state index is 0.395. The van der Waals surface area contributed by atoms with E-state index in [-0.39, 0.29) is 0 Å². The van der Waals surface area contributed by atoms with E-state index in [4.69, 9.17) is 0 Å². The SMILES string of the molecule is CNCC1(O)CCC(C)C1. The molecular formula is C8H17NO. The van der Waals surface area contributed by atoms with Crippen LogP contribution in [0.5, 0.6) is 0 Å². The highest BCUT2D eigenvalue weighted by atomic mass is 16.3. The van der Waals surface area contributed by atoms with Gasteiger partial charge in [0.2, 0.25) is 0 Å². The van der Waals surface area contributed by atoms with Crippen molar-refractivity contribution in [3.63, 3.8) is 0 Å². The summed E-state index contributed by atoms with van der Waals surface area (Å²) in [6.07, 6.45) is 3.11. The highest BCUT2D eigenvalue weighted by molar-refractivity contribution is 4.88. The molecule has 1 rings (SSSR count). The van der Waals surface area contributed by atoms with E-state index < -0.39 is 5.60 Å². The second-order valence-electron chi connectivity index (χ2n) is 3.60. The number of aliphatic hydroxyl groups is 1. The second kappa shape index (κ2) is 2.89. The van der Waals surface area contributed by atoms with Crippen LogP contribution in [-0.4, -0.2) is 24.3 Å². The Morgan fingerprint density at radius 2 is 2.40 bits per heavy atom. The molecule has 0 aromatic rings. The Bertz CT molecular complexity index is 112. The lowest BCUT2D eigenvalue weighted by atomic mass is 10.0. The first-order chi connectivity index (χ1) is 4.66. The van der Waals surface area contributed by atoms with E-state index in [1.54, 1.807) is 0 Å². The van der Waals surface area contributed by atoms with E-state index in [2.05, 4.69) is 12.2 Å². The summed E-state index contributed by atoms with van der Waals surface area (Å²) in [5.74, 6) is 0.707. The summed E-state index contributed by atoms with van der Waals surface area (Å²) in [6, 6.07) is 0. The average Bonchev–Trinajstić information content (AvgIpc) is 2.12. The lowest BCUT2D eigenvalue weighted by Crippen LogP contribution is -2.36. The van der Waals surface area contributed by atoms with Gasteiger partial charge in [0.15, 0.2) is 0 Å². The standard InChI is InChI=1S/C8H17NO/c1-7-3-4-8(10,5-7)6-9-2/h7,9-10H,3-6H2,1-2H3. The van der Waals surface area contributed by atoms with Crippen molar-refractivity contribution < 1.29 is 5.11 Å². The van der Waals surface area contributed by atoms with Gasteiger partial charge >= 0.3 is 0 Å². The van der Waals surface area contributed by atoms with E-state index in [0.717, 1.165) is 19.4 Å². The van der Waals surface area contributed by atoms with E-state index in [1.807, 2.05) is 7.05 Å². The molecule has 1 aliphatic carbocycles. The first kappa shape index (κ1) is 8.02. The number of hydrogen-bond donors (Lipinski definition) is 2. The Kier molecular flexibility index (Phi) is 2.32. The molecule has 0 saturated heterocycles. The van der Waals surface area contributed by atoms with Gasteiger partial charge in [0.25, 0.3) is 0 Å². The zero-order chi connectivity index (χ0) is 7.61. The van der Waals surface area contributed by atoms with Crippen molar-refractivity contribution in [1.82, 2.24) is 5.32 Å². The van der Waals surface area contributed by atoms with Crippen LogP contribution in [0, 0.1) is 5.92 Å². The van der Waals surface area contributed by atoms with Crippen LogP contribution in [0.15, 0.2) is 0 Å². The Labute approximate surface area is 62.6 Å². The fourth-order valence-corrected chi connectivity index (χ4v) is 1.86. The van der Waals surface area contributed by atoms with Gasteiger partial charge in [0.1, 0.15) is 0 Å². The van der Waals surface area contributed by atoms with Gasteiger partial charge in [-0.1, -0.05) is 6.92 Å². The Balaban J connectivity index is 2.38. The molecule has 0 radical (unpaired) electrons. The quantitative estimate of drug-likeness (QED) is 0.598. The Morgan fingerprint density at radius 3 is 2.80 bits per heavy atom. The van der Waals surface area contributed by atoms with E-state index in [0.29, 0.717) is 5.92 Å². The molecule has 2 nitrogen and oxygen atoms in total. The Hall–Kier alpha value is -0.0800. The number of rotatable bonds is 2. The molecule has 0 heterocycles. The summed E-state index contributed by atoms with van der Waals surface area (Å²) < 4.78 is 0. The van der Waals surface area contributed by atoms with Crippen LogP contribution in [-0.2, 0) is 0 Å². The van der Waals surface area contributed by atoms with Crippen molar-refractivity contribution in [2.45, 2.75) is 31.8 Å². The third-order valence-electron chi connectivity index (χ3n) is 2.34. The maximum absolute atomic E-state index is 9.80. The molecule has 2 N–H and O–H groups in total. The molecule has 0 amide bonds. The lowest BCUT2D eigenvalue weighted by Gasteiger charge is -2.21. The summed E-state index contributed by atoms with van der Waals surface area (Å²) in [6.45, 7) is 2.95.